The Hall–Kier alpha value is -2.40. The summed E-state index contributed by atoms with van der Waals surface area (Å²) in [6.45, 7) is 1.72. The van der Waals surface area contributed by atoms with E-state index in [2.05, 4.69) is 15.0 Å². The van der Waals surface area contributed by atoms with Crippen LogP contribution in [0, 0.1) is 0 Å². The Morgan fingerprint density at radius 3 is 2.62 bits per heavy atom. The minimum Gasteiger partial charge on any atom is -0.353 e. The molecule has 3 aromatic rings. The van der Waals surface area contributed by atoms with Crippen molar-refractivity contribution in [2.45, 2.75) is 10.5 Å². The number of fused-ring (bicyclic) bond motifs is 1. The molecule has 0 radical (unpaired) electrons. The molecular formula is C18H16F3N5OS2. The molecule has 0 unspecified atom stereocenters. The molecule has 0 bridgehead atoms. The molecule has 3 heterocycles. The number of halogens is 3. The van der Waals surface area contributed by atoms with Gasteiger partial charge in [-0.05, 0) is 12.1 Å². The lowest BCUT2D eigenvalue weighted by atomic mass is 10.3. The number of amides is 1. The van der Waals surface area contributed by atoms with Crippen molar-refractivity contribution >= 4 is 45.0 Å². The van der Waals surface area contributed by atoms with Crippen LogP contribution in [0.1, 0.15) is 5.69 Å². The average molecular weight is 439 g/mol. The Morgan fingerprint density at radius 2 is 1.90 bits per heavy atom. The average Bonchev–Trinajstić information content (AvgIpc) is 3.15. The fourth-order valence-electron chi connectivity index (χ4n) is 2.99. The zero-order valence-electron chi connectivity index (χ0n) is 15.1. The lowest BCUT2D eigenvalue weighted by molar-refractivity contribution is -0.141. The molecule has 2 aromatic heterocycles. The molecule has 0 atom stereocenters. The summed E-state index contributed by atoms with van der Waals surface area (Å²) in [5.74, 6) is 0.502. The zero-order valence-corrected chi connectivity index (χ0v) is 16.7. The topological polar surface area (TPSA) is 62.2 Å². The molecule has 1 aromatic carbocycles. The molecule has 152 valence electrons. The van der Waals surface area contributed by atoms with E-state index in [9.17, 15) is 18.0 Å². The third-order valence-corrected chi connectivity index (χ3v) is 6.66. The van der Waals surface area contributed by atoms with Crippen LogP contribution in [0.15, 0.2) is 41.0 Å². The van der Waals surface area contributed by atoms with Crippen LogP contribution in [0.3, 0.4) is 0 Å². The van der Waals surface area contributed by atoms with Gasteiger partial charge in [0.25, 0.3) is 0 Å². The van der Waals surface area contributed by atoms with Gasteiger partial charge in [-0.2, -0.15) is 13.2 Å². The molecular weight excluding hydrogens is 423 g/mol. The van der Waals surface area contributed by atoms with Gasteiger partial charge in [0.2, 0.25) is 5.91 Å². The van der Waals surface area contributed by atoms with Gasteiger partial charge in [0.1, 0.15) is 17.8 Å². The molecule has 1 fully saturated rings. The highest BCUT2D eigenvalue weighted by Crippen LogP contribution is 2.30. The quantitative estimate of drug-likeness (QED) is 0.580. The molecule has 29 heavy (non-hydrogen) atoms. The van der Waals surface area contributed by atoms with Crippen molar-refractivity contribution < 1.29 is 18.0 Å². The second-order valence-electron chi connectivity index (χ2n) is 6.36. The Bertz CT molecular complexity index is 985. The fourth-order valence-corrected chi connectivity index (χ4v) is 4.96. The number of thiazole rings is 1. The summed E-state index contributed by atoms with van der Waals surface area (Å²) < 4.78 is 40.4. The first kappa shape index (κ1) is 19.9. The second kappa shape index (κ2) is 8.15. The number of para-hydroxylation sites is 1. The summed E-state index contributed by atoms with van der Waals surface area (Å²) in [6.07, 6.45) is -3.59. The normalized spacial score (nSPS) is 15.1. The van der Waals surface area contributed by atoms with E-state index in [1.54, 1.807) is 21.1 Å². The lowest BCUT2D eigenvalue weighted by Gasteiger charge is -2.35. The summed E-state index contributed by atoms with van der Waals surface area (Å²) >= 11 is 2.96. The van der Waals surface area contributed by atoms with Crippen molar-refractivity contribution in [3.8, 4) is 0 Å². The Kier molecular flexibility index (Phi) is 5.59. The van der Waals surface area contributed by atoms with Gasteiger partial charge >= 0.3 is 6.18 Å². The molecule has 1 amide bonds. The molecule has 4 rings (SSSR count). The number of alkyl halides is 3. The molecule has 0 aliphatic carbocycles. The van der Waals surface area contributed by atoms with Gasteiger partial charge < -0.3 is 9.80 Å². The number of thioether (sulfide) groups is 1. The zero-order chi connectivity index (χ0) is 20.4. The predicted octanol–water partition coefficient (Wildman–Crippen LogP) is 3.55. The molecule has 6 nitrogen and oxygen atoms in total. The molecule has 1 aliphatic heterocycles. The largest absolute Gasteiger partial charge is 0.433 e. The Labute approximate surface area is 172 Å². The van der Waals surface area contributed by atoms with Gasteiger partial charge in [0.05, 0.1) is 16.0 Å². The van der Waals surface area contributed by atoms with E-state index in [0.717, 1.165) is 26.9 Å². The highest BCUT2D eigenvalue weighted by atomic mass is 32.2. The van der Waals surface area contributed by atoms with Crippen LogP contribution in [-0.4, -0.2) is 57.7 Å². The number of anilines is 1. The van der Waals surface area contributed by atoms with E-state index in [1.165, 1.54) is 11.8 Å². The van der Waals surface area contributed by atoms with E-state index < -0.39 is 11.9 Å². The van der Waals surface area contributed by atoms with Crippen molar-refractivity contribution in [2.24, 2.45) is 0 Å². The molecule has 0 N–H and O–H groups in total. The minimum absolute atomic E-state index is 0.00688. The Morgan fingerprint density at radius 1 is 1.14 bits per heavy atom. The third-order valence-electron chi connectivity index (χ3n) is 4.49. The standard InChI is InChI=1S/C18H16F3N5OS2/c19-18(20,21)14-9-15(23-11-22-14)25-5-7-26(8-6-25)16(27)10-28-17-24-12-3-1-2-4-13(12)29-17/h1-4,9,11H,5-8,10H2. The van der Waals surface area contributed by atoms with Crippen LogP contribution in [0.25, 0.3) is 10.2 Å². The second-order valence-corrected chi connectivity index (χ2v) is 8.62. The third kappa shape index (κ3) is 4.61. The number of hydrogen-bond acceptors (Lipinski definition) is 7. The van der Waals surface area contributed by atoms with E-state index in [1.807, 2.05) is 24.3 Å². The van der Waals surface area contributed by atoms with Crippen molar-refractivity contribution in [3.63, 3.8) is 0 Å². The monoisotopic (exact) mass is 439 g/mol. The van der Waals surface area contributed by atoms with Crippen LogP contribution >= 0.6 is 23.1 Å². The summed E-state index contributed by atoms with van der Waals surface area (Å²) in [7, 11) is 0. The van der Waals surface area contributed by atoms with Crippen LogP contribution in [0.2, 0.25) is 0 Å². The summed E-state index contributed by atoms with van der Waals surface area (Å²) in [5, 5.41) is 0. The predicted molar refractivity (Wildman–Crippen MR) is 106 cm³/mol. The number of hydrogen-bond donors (Lipinski definition) is 0. The van der Waals surface area contributed by atoms with Gasteiger partial charge in [0, 0.05) is 32.2 Å². The molecule has 1 aliphatic rings. The number of carbonyl (C=O) groups excluding carboxylic acids is 1. The van der Waals surface area contributed by atoms with Crippen molar-refractivity contribution in [1.29, 1.82) is 0 Å². The van der Waals surface area contributed by atoms with E-state index in [-0.39, 0.29) is 17.5 Å². The number of benzene rings is 1. The summed E-state index contributed by atoms with van der Waals surface area (Å²) in [5.41, 5.74) is -0.0441. The van der Waals surface area contributed by atoms with Crippen LogP contribution in [0.4, 0.5) is 19.0 Å². The molecule has 0 saturated carbocycles. The number of carbonyl (C=O) groups is 1. The maximum absolute atomic E-state index is 12.8. The first-order chi connectivity index (χ1) is 13.9. The van der Waals surface area contributed by atoms with E-state index >= 15 is 0 Å². The van der Waals surface area contributed by atoms with Gasteiger partial charge in [-0.15, -0.1) is 11.3 Å². The number of aromatic nitrogens is 3. The number of piperazine rings is 1. The molecule has 1 saturated heterocycles. The van der Waals surface area contributed by atoms with Gasteiger partial charge in [0.15, 0.2) is 4.34 Å². The van der Waals surface area contributed by atoms with Gasteiger partial charge in [-0.25, -0.2) is 15.0 Å². The maximum Gasteiger partial charge on any atom is 0.433 e. The van der Waals surface area contributed by atoms with Crippen molar-refractivity contribution in [1.82, 2.24) is 19.9 Å². The van der Waals surface area contributed by atoms with Gasteiger partial charge in [-0.3, -0.25) is 4.79 Å². The summed E-state index contributed by atoms with van der Waals surface area (Å²) in [6, 6.07) is 8.76. The Balaban J connectivity index is 1.31. The van der Waals surface area contributed by atoms with E-state index in [0.29, 0.717) is 26.2 Å². The SMILES string of the molecule is O=C(CSc1nc2ccccc2s1)N1CCN(c2cc(C(F)(F)F)ncn2)CC1. The highest BCUT2D eigenvalue weighted by Gasteiger charge is 2.33. The van der Waals surface area contributed by atoms with Gasteiger partial charge in [-0.1, -0.05) is 23.9 Å². The molecule has 11 heteroatoms. The minimum atomic E-state index is -4.51. The van der Waals surface area contributed by atoms with E-state index in [4.69, 9.17) is 0 Å². The smallest absolute Gasteiger partial charge is 0.353 e. The maximum atomic E-state index is 12.8. The van der Waals surface area contributed by atoms with Crippen LogP contribution < -0.4 is 4.90 Å². The fraction of sp³-hybridized carbons (Fsp3) is 0.333. The van der Waals surface area contributed by atoms with Crippen molar-refractivity contribution in [3.05, 3.63) is 42.4 Å². The van der Waals surface area contributed by atoms with Crippen molar-refractivity contribution in [2.75, 3.05) is 36.8 Å². The van der Waals surface area contributed by atoms with Crippen LogP contribution in [-0.2, 0) is 11.0 Å². The first-order valence-electron chi connectivity index (χ1n) is 8.80. The molecule has 0 spiro atoms. The number of rotatable bonds is 4. The first-order valence-corrected chi connectivity index (χ1v) is 10.6. The summed E-state index contributed by atoms with van der Waals surface area (Å²) in [4.78, 5) is 27.7. The lowest BCUT2D eigenvalue weighted by Crippen LogP contribution is -2.49. The highest BCUT2D eigenvalue weighted by molar-refractivity contribution is 8.01. The van der Waals surface area contributed by atoms with Crippen LogP contribution in [0.5, 0.6) is 0 Å². The number of nitrogens with zero attached hydrogens (tertiary/aromatic N) is 5.